The molecular weight excluding hydrogens is 352 g/mol. The summed E-state index contributed by atoms with van der Waals surface area (Å²) in [6, 6.07) is 14.0. The number of hydrogen-bond acceptors (Lipinski definition) is 3. The Balaban J connectivity index is 2.26. The molecule has 1 unspecified atom stereocenters. The lowest BCUT2D eigenvalue weighted by Gasteiger charge is -2.28. The van der Waals surface area contributed by atoms with Crippen molar-refractivity contribution in [3.63, 3.8) is 0 Å². The second-order valence-corrected chi connectivity index (χ2v) is 6.34. The molecule has 26 heavy (non-hydrogen) atoms. The van der Waals surface area contributed by atoms with E-state index in [1.54, 1.807) is 32.0 Å². The third-order valence-corrected chi connectivity index (χ3v) is 4.57. The van der Waals surface area contributed by atoms with E-state index in [0.29, 0.717) is 17.3 Å². The molecule has 0 aliphatic rings. The number of ether oxygens (including phenoxy) is 1. The Labute approximate surface area is 158 Å². The first kappa shape index (κ1) is 19.8. The van der Waals surface area contributed by atoms with Gasteiger partial charge in [0.1, 0.15) is 11.8 Å². The molecule has 5 nitrogen and oxygen atoms in total. The number of rotatable bonds is 7. The highest BCUT2D eigenvalue weighted by atomic mass is 35.5. The van der Waals surface area contributed by atoms with Gasteiger partial charge in [-0.1, -0.05) is 41.9 Å². The highest BCUT2D eigenvalue weighted by Gasteiger charge is 2.26. The fourth-order valence-corrected chi connectivity index (χ4v) is 2.87. The van der Waals surface area contributed by atoms with Gasteiger partial charge in [-0.05, 0) is 36.2 Å². The number of halogens is 1. The van der Waals surface area contributed by atoms with E-state index in [2.05, 4.69) is 5.32 Å². The van der Waals surface area contributed by atoms with Gasteiger partial charge < -0.3 is 15.0 Å². The van der Waals surface area contributed by atoms with E-state index in [-0.39, 0.29) is 18.2 Å². The van der Waals surface area contributed by atoms with Gasteiger partial charge in [-0.15, -0.1) is 0 Å². The van der Waals surface area contributed by atoms with Crippen LogP contribution >= 0.6 is 11.6 Å². The number of carbonyl (C=O) groups excluding carboxylic acids is 2. The largest absolute Gasteiger partial charge is 0.497 e. The van der Waals surface area contributed by atoms with Crippen molar-refractivity contribution in [1.82, 2.24) is 10.2 Å². The van der Waals surface area contributed by atoms with Gasteiger partial charge in [0.05, 0.1) is 13.5 Å². The minimum atomic E-state index is -0.610. The van der Waals surface area contributed by atoms with E-state index >= 15 is 0 Å². The molecule has 0 spiro atoms. The van der Waals surface area contributed by atoms with Gasteiger partial charge in [0.25, 0.3) is 0 Å². The average molecular weight is 375 g/mol. The summed E-state index contributed by atoms with van der Waals surface area (Å²) < 4.78 is 5.24. The fraction of sp³-hybridized carbons (Fsp3) is 0.300. The maximum Gasteiger partial charge on any atom is 0.242 e. The Morgan fingerprint density at radius 2 is 1.92 bits per heavy atom. The molecule has 0 aliphatic heterocycles. The predicted molar refractivity (Wildman–Crippen MR) is 102 cm³/mol. The Hall–Kier alpha value is -2.53. The summed E-state index contributed by atoms with van der Waals surface area (Å²) in [7, 11) is 3.15. The highest BCUT2D eigenvalue weighted by Crippen LogP contribution is 2.19. The molecule has 2 aromatic carbocycles. The van der Waals surface area contributed by atoms with Crippen LogP contribution in [0.2, 0.25) is 5.02 Å². The number of likely N-dealkylation sites (N-methyl/N-ethyl adjacent to an activating group) is 1. The summed E-state index contributed by atoms with van der Waals surface area (Å²) in [6.45, 7) is 2.01. The van der Waals surface area contributed by atoms with Crippen LogP contribution in [-0.4, -0.2) is 36.9 Å². The average Bonchev–Trinajstić information content (AvgIpc) is 2.66. The Bertz CT molecular complexity index is 779. The van der Waals surface area contributed by atoms with Crippen molar-refractivity contribution in [2.24, 2.45) is 0 Å². The standard InChI is InChI=1S/C20H23ClN2O3/c1-14(20(25)22-2)23(13-15-7-6-9-17(11-15)26-3)19(24)12-16-8-4-5-10-18(16)21/h4-11,14H,12-13H2,1-3H3,(H,22,25). The molecule has 0 bridgehead atoms. The third kappa shape index (κ3) is 4.99. The van der Waals surface area contributed by atoms with Crippen molar-refractivity contribution >= 4 is 23.4 Å². The summed E-state index contributed by atoms with van der Waals surface area (Å²) in [5.41, 5.74) is 1.62. The molecule has 2 aromatic rings. The number of benzene rings is 2. The first-order valence-electron chi connectivity index (χ1n) is 8.33. The van der Waals surface area contributed by atoms with E-state index in [9.17, 15) is 9.59 Å². The minimum absolute atomic E-state index is 0.130. The molecule has 0 saturated carbocycles. The molecule has 0 radical (unpaired) electrons. The van der Waals surface area contributed by atoms with E-state index in [4.69, 9.17) is 16.3 Å². The molecular formula is C20H23ClN2O3. The Morgan fingerprint density at radius 3 is 2.58 bits per heavy atom. The highest BCUT2D eigenvalue weighted by molar-refractivity contribution is 6.31. The number of methoxy groups -OCH3 is 1. The zero-order valence-electron chi connectivity index (χ0n) is 15.2. The number of amides is 2. The van der Waals surface area contributed by atoms with Gasteiger partial charge in [0, 0.05) is 18.6 Å². The second kappa shape index (κ2) is 9.25. The lowest BCUT2D eigenvalue weighted by Crippen LogP contribution is -2.47. The number of carbonyl (C=O) groups is 2. The monoisotopic (exact) mass is 374 g/mol. The maximum absolute atomic E-state index is 12.9. The summed E-state index contributed by atoms with van der Waals surface area (Å²) in [5.74, 6) is 0.311. The molecule has 2 amide bonds. The van der Waals surface area contributed by atoms with Gasteiger partial charge in [0.2, 0.25) is 11.8 Å². The summed E-state index contributed by atoms with van der Waals surface area (Å²) in [6.07, 6.45) is 0.130. The van der Waals surface area contributed by atoms with E-state index in [1.165, 1.54) is 0 Å². The van der Waals surface area contributed by atoms with Gasteiger partial charge in [0.15, 0.2) is 0 Å². The van der Waals surface area contributed by atoms with E-state index < -0.39 is 6.04 Å². The summed E-state index contributed by atoms with van der Waals surface area (Å²) in [4.78, 5) is 26.6. The summed E-state index contributed by atoms with van der Waals surface area (Å²) in [5, 5.41) is 3.14. The molecule has 0 saturated heterocycles. The molecule has 6 heteroatoms. The molecule has 138 valence electrons. The van der Waals surface area contributed by atoms with Crippen LogP contribution in [0.1, 0.15) is 18.1 Å². The Morgan fingerprint density at radius 1 is 1.19 bits per heavy atom. The molecule has 0 heterocycles. The van der Waals surface area contributed by atoms with Crippen molar-refractivity contribution in [3.05, 3.63) is 64.7 Å². The quantitative estimate of drug-likeness (QED) is 0.810. The lowest BCUT2D eigenvalue weighted by atomic mass is 10.1. The molecule has 1 atom stereocenters. The van der Waals surface area contributed by atoms with Gasteiger partial charge in [-0.3, -0.25) is 9.59 Å². The second-order valence-electron chi connectivity index (χ2n) is 5.93. The zero-order valence-corrected chi connectivity index (χ0v) is 15.9. The number of nitrogens with one attached hydrogen (secondary N) is 1. The van der Waals surface area contributed by atoms with Crippen molar-refractivity contribution < 1.29 is 14.3 Å². The van der Waals surface area contributed by atoms with Crippen LogP contribution in [0.5, 0.6) is 5.75 Å². The van der Waals surface area contributed by atoms with E-state index in [0.717, 1.165) is 11.1 Å². The van der Waals surface area contributed by atoms with Crippen molar-refractivity contribution in [1.29, 1.82) is 0 Å². The SMILES string of the molecule is CNC(=O)C(C)N(Cc1cccc(OC)c1)C(=O)Cc1ccccc1Cl. The first-order valence-corrected chi connectivity index (χ1v) is 8.71. The number of hydrogen-bond donors (Lipinski definition) is 1. The third-order valence-electron chi connectivity index (χ3n) is 4.20. The smallest absolute Gasteiger partial charge is 0.242 e. The van der Waals surface area contributed by atoms with Crippen molar-refractivity contribution in [2.75, 3.05) is 14.2 Å². The predicted octanol–water partition coefficient (Wildman–Crippen LogP) is 3.05. The zero-order chi connectivity index (χ0) is 19.1. The lowest BCUT2D eigenvalue weighted by molar-refractivity contribution is -0.139. The van der Waals surface area contributed by atoms with Crippen LogP contribution < -0.4 is 10.1 Å². The number of nitrogens with zero attached hydrogens (tertiary/aromatic N) is 1. The van der Waals surface area contributed by atoms with Crippen molar-refractivity contribution in [2.45, 2.75) is 25.9 Å². The van der Waals surface area contributed by atoms with Crippen molar-refractivity contribution in [3.8, 4) is 5.75 Å². The van der Waals surface area contributed by atoms with Gasteiger partial charge in [-0.25, -0.2) is 0 Å². The molecule has 2 rings (SSSR count). The topological polar surface area (TPSA) is 58.6 Å². The van der Waals surface area contributed by atoms with Crippen LogP contribution in [0.4, 0.5) is 0 Å². The summed E-state index contributed by atoms with van der Waals surface area (Å²) >= 11 is 6.18. The van der Waals surface area contributed by atoms with Crippen LogP contribution in [-0.2, 0) is 22.6 Å². The van der Waals surface area contributed by atoms with Crippen LogP contribution in [0, 0.1) is 0 Å². The van der Waals surface area contributed by atoms with Gasteiger partial charge in [-0.2, -0.15) is 0 Å². The van der Waals surface area contributed by atoms with Crippen LogP contribution in [0.25, 0.3) is 0 Å². The van der Waals surface area contributed by atoms with E-state index in [1.807, 2.05) is 42.5 Å². The molecule has 0 aromatic heterocycles. The molecule has 0 fully saturated rings. The maximum atomic E-state index is 12.9. The minimum Gasteiger partial charge on any atom is -0.497 e. The molecule has 0 aliphatic carbocycles. The Kier molecular flexibility index (Phi) is 7.04. The van der Waals surface area contributed by atoms with Crippen LogP contribution in [0.3, 0.4) is 0 Å². The van der Waals surface area contributed by atoms with Gasteiger partial charge >= 0.3 is 0 Å². The fourth-order valence-electron chi connectivity index (χ4n) is 2.67. The molecule has 1 N–H and O–H groups in total. The normalized spacial score (nSPS) is 11.5. The first-order chi connectivity index (χ1) is 12.5. The van der Waals surface area contributed by atoms with Crippen LogP contribution in [0.15, 0.2) is 48.5 Å².